The number of hydrogen-bond acceptors (Lipinski definition) is 6. The third-order valence-corrected chi connectivity index (χ3v) is 5.88. The van der Waals surface area contributed by atoms with E-state index in [0.717, 1.165) is 47.8 Å². The van der Waals surface area contributed by atoms with Crippen molar-refractivity contribution in [1.29, 1.82) is 0 Å². The Morgan fingerprint density at radius 1 is 1.19 bits per heavy atom. The highest BCUT2D eigenvalue weighted by molar-refractivity contribution is 5.74. The average Bonchev–Trinajstić information content (AvgIpc) is 3.20. The van der Waals surface area contributed by atoms with Gasteiger partial charge in [0.2, 0.25) is 5.89 Å². The summed E-state index contributed by atoms with van der Waals surface area (Å²) in [7, 11) is 0. The molecule has 0 saturated carbocycles. The predicted molar refractivity (Wildman–Crippen MR) is 123 cm³/mol. The van der Waals surface area contributed by atoms with E-state index in [1.54, 1.807) is 0 Å². The maximum absolute atomic E-state index is 12.4. The quantitative estimate of drug-likeness (QED) is 0.525. The van der Waals surface area contributed by atoms with Crippen LogP contribution in [0.1, 0.15) is 36.3 Å². The number of piperidine rings is 1. The van der Waals surface area contributed by atoms with Gasteiger partial charge in [0.1, 0.15) is 11.5 Å². The van der Waals surface area contributed by atoms with E-state index < -0.39 is 0 Å². The molecule has 1 aliphatic rings. The minimum atomic E-state index is -0.124. The molecule has 1 saturated heterocycles. The van der Waals surface area contributed by atoms with Gasteiger partial charge in [0, 0.05) is 24.4 Å². The Bertz CT molecular complexity index is 1030. The summed E-state index contributed by atoms with van der Waals surface area (Å²) in [5.41, 5.74) is 2.96. The van der Waals surface area contributed by atoms with Crippen molar-refractivity contribution in [3.63, 3.8) is 0 Å². The summed E-state index contributed by atoms with van der Waals surface area (Å²) in [4.78, 5) is 17.1. The van der Waals surface area contributed by atoms with Crippen LogP contribution in [0.5, 0.6) is 5.75 Å². The van der Waals surface area contributed by atoms with Gasteiger partial charge in [-0.3, -0.25) is 4.79 Å². The first-order valence-electron chi connectivity index (χ1n) is 11.3. The standard InChI is InChI=1S/C26H30N2O4/c1-3-30-26(29)22-12-14-27-17-23(22)20-10-7-11-21(16-20)31-15-13-24-18(2)32-25(28-24)19-8-5-4-6-9-19/h4-11,16,22-23,27H,3,12-15,17H2,1-2H3/t22?,23-/m0/s1. The number of rotatable bonds is 8. The Hall–Kier alpha value is -3.12. The van der Waals surface area contributed by atoms with E-state index in [1.165, 1.54) is 0 Å². The van der Waals surface area contributed by atoms with Gasteiger partial charge in [0.05, 0.1) is 24.8 Å². The number of aromatic nitrogens is 1. The first-order chi connectivity index (χ1) is 15.7. The molecule has 2 aromatic carbocycles. The Kier molecular flexibility index (Phi) is 7.22. The molecular weight excluding hydrogens is 404 g/mol. The predicted octanol–water partition coefficient (Wildman–Crippen LogP) is 4.53. The zero-order valence-corrected chi connectivity index (χ0v) is 18.7. The second-order valence-corrected chi connectivity index (χ2v) is 8.02. The maximum atomic E-state index is 12.4. The van der Waals surface area contributed by atoms with Crippen molar-refractivity contribution in [1.82, 2.24) is 10.3 Å². The summed E-state index contributed by atoms with van der Waals surface area (Å²) in [6.07, 6.45) is 1.44. The lowest BCUT2D eigenvalue weighted by molar-refractivity contribution is -0.149. The third-order valence-electron chi connectivity index (χ3n) is 5.88. The molecule has 2 atom stereocenters. The molecule has 1 aromatic heterocycles. The highest BCUT2D eigenvalue weighted by Crippen LogP contribution is 2.32. The summed E-state index contributed by atoms with van der Waals surface area (Å²) in [6, 6.07) is 17.9. The van der Waals surface area contributed by atoms with Crippen LogP contribution in [0.3, 0.4) is 0 Å². The van der Waals surface area contributed by atoms with Gasteiger partial charge in [0.25, 0.3) is 0 Å². The van der Waals surface area contributed by atoms with E-state index in [0.29, 0.717) is 25.5 Å². The maximum Gasteiger partial charge on any atom is 0.309 e. The minimum absolute atomic E-state index is 0.0811. The molecule has 32 heavy (non-hydrogen) atoms. The van der Waals surface area contributed by atoms with E-state index in [1.807, 2.05) is 62.4 Å². The van der Waals surface area contributed by atoms with E-state index in [2.05, 4.69) is 16.4 Å². The minimum Gasteiger partial charge on any atom is -0.493 e. The lowest BCUT2D eigenvalue weighted by Crippen LogP contribution is -2.39. The largest absolute Gasteiger partial charge is 0.493 e. The van der Waals surface area contributed by atoms with Gasteiger partial charge in [-0.15, -0.1) is 0 Å². The molecule has 1 aliphatic heterocycles. The van der Waals surface area contributed by atoms with Crippen LogP contribution in [0, 0.1) is 12.8 Å². The normalized spacial score (nSPS) is 18.3. The van der Waals surface area contributed by atoms with Crippen LogP contribution in [0.2, 0.25) is 0 Å². The third kappa shape index (κ3) is 5.19. The van der Waals surface area contributed by atoms with Crippen LogP contribution in [-0.2, 0) is 16.0 Å². The fraction of sp³-hybridized carbons (Fsp3) is 0.385. The Morgan fingerprint density at radius 3 is 2.84 bits per heavy atom. The number of benzene rings is 2. The van der Waals surface area contributed by atoms with Gasteiger partial charge in [0.15, 0.2) is 0 Å². The SMILES string of the molecule is CCOC(=O)C1CCNC[C@H]1c1cccc(OCCc2nc(-c3ccccc3)oc2C)c1. The van der Waals surface area contributed by atoms with Crippen molar-refractivity contribution < 1.29 is 18.7 Å². The summed E-state index contributed by atoms with van der Waals surface area (Å²) >= 11 is 0. The molecule has 0 amide bonds. The van der Waals surface area contributed by atoms with Crippen LogP contribution in [-0.4, -0.2) is 37.3 Å². The second-order valence-electron chi connectivity index (χ2n) is 8.02. The highest BCUT2D eigenvalue weighted by Gasteiger charge is 2.33. The van der Waals surface area contributed by atoms with E-state index in [4.69, 9.17) is 13.9 Å². The zero-order valence-electron chi connectivity index (χ0n) is 18.7. The molecular formula is C26H30N2O4. The van der Waals surface area contributed by atoms with E-state index >= 15 is 0 Å². The fourth-order valence-electron chi connectivity index (χ4n) is 4.20. The molecule has 0 radical (unpaired) electrons. The number of aryl methyl sites for hydroxylation is 1. The number of nitrogens with zero attached hydrogens (tertiary/aromatic N) is 1. The van der Waals surface area contributed by atoms with Crippen molar-refractivity contribution in [2.75, 3.05) is 26.3 Å². The molecule has 6 nitrogen and oxygen atoms in total. The molecule has 0 spiro atoms. The van der Waals surface area contributed by atoms with Crippen LogP contribution < -0.4 is 10.1 Å². The van der Waals surface area contributed by atoms with Gasteiger partial charge in [-0.05, 0) is 56.6 Å². The Balaban J connectivity index is 1.39. The monoisotopic (exact) mass is 434 g/mol. The molecule has 2 heterocycles. The molecule has 4 rings (SSSR count). The number of nitrogens with one attached hydrogen (secondary N) is 1. The van der Waals surface area contributed by atoms with Crippen LogP contribution in [0.25, 0.3) is 11.5 Å². The summed E-state index contributed by atoms with van der Waals surface area (Å²) < 4.78 is 17.2. The molecule has 168 valence electrons. The first kappa shape index (κ1) is 22.1. The van der Waals surface area contributed by atoms with E-state index in [-0.39, 0.29) is 17.8 Å². The lowest BCUT2D eigenvalue weighted by atomic mass is 9.81. The molecule has 1 N–H and O–H groups in total. The van der Waals surface area contributed by atoms with E-state index in [9.17, 15) is 4.79 Å². The highest BCUT2D eigenvalue weighted by atomic mass is 16.5. The zero-order chi connectivity index (χ0) is 22.3. The topological polar surface area (TPSA) is 73.6 Å². The van der Waals surface area contributed by atoms with Crippen LogP contribution >= 0.6 is 0 Å². The number of hydrogen-bond donors (Lipinski definition) is 1. The summed E-state index contributed by atoms with van der Waals surface area (Å²) in [5.74, 6) is 2.08. The number of ether oxygens (including phenoxy) is 2. The molecule has 1 unspecified atom stereocenters. The van der Waals surface area contributed by atoms with Crippen LogP contribution in [0.4, 0.5) is 0 Å². The Labute approximate surface area is 189 Å². The summed E-state index contributed by atoms with van der Waals surface area (Å²) in [6.45, 7) is 6.27. The van der Waals surface area contributed by atoms with Crippen LogP contribution in [0.15, 0.2) is 59.0 Å². The first-order valence-corrected chi connectivity index (χ1v) is 11.3. The van der Waals surface area contributed by atoms with Crippen molar-refractivity contribution in [2.24, 2.45) is 5.92 Å². The molecule has 6 heteroatoms. The number of carbonyl (C=O) groups is 1. The van der Waals surface area contributed by atoms with Gasteiger partial charge < -0.3 is 19.2 Å². The number of oxazole rings is 1. The van der Waals surface area contributed by atoms with Crippen molar-refractivity contribution in [3.8, 4) is 17.2 Å². The molecule has 0 bridgehead atoms. The van der Waals surface area contributed by atoms with Crippen molar-refractivity contribution in [2.45, 2.75) is 32.6 Å². The Morgan fingerprint density at radius 2 is 2.03 bits per heavy atom. The molecule has 0 aliphatic carbocycles. The second kappa shape index (κ2) is 10.5. The van der Waals surface area contributed by atoms with Gasteiger partial charge >= 0.3 is 5.97 Å². The molecule has 3 aromatic rings. The lowest BCUT2D eigenvalue weighted by Gasteiger charge is -2.31. The van der Waals surface area contributed by atoms with Gasteiger partial charge in [-0.25, -0.2) is 4.98 Å². The number of esters is 1. The average molecular weight is 435 g/mol. The molecule has 1 fully saturated rings. The number of carbonyl (C=O) groups excluding carboxylic acids is 1. The smallest absolute Gasteiger partial charge is 0.309 e. The van der Waals surface area contributed by atoms with Crippen molar-refractivity contribution >= 4 is 5.97 Å². The van der Waals surface area contributed by atoms with Gasteiger partial charge in [-0.1, -0.05) is 30.3 Å². The summed E-state index contributed by atoms with van der Waals surface area (Å²) in [5, 5.41) is 3.40. The van der Waals surface area contributed by atoms with Crippen molar-refractivity contribution in [3.05, 3.63) is 71.6 Å². The fourth-order valence-corrected chi connectivity index (χ4v) is 4.20. The van der Waals surface area contributed by atoms with Gasteiger partial charge in [-0.2, -0.15) is 0 Å².